The van der Waals surface area contributed by atoms with E-state index in [1.54, 1.807) is 0 Å². The van der Waals surface area contributed by atoms with Crippen LogP contribution in [0.15, 0.2) is 71.7 Å². The van der Waals surface area contributed by atoms with Crippen LogP contribution >= 0.6 is 0 Å². The lowest BCUT2D eigenvalue weighted by Gasteiger charge is -2.23. The minimum absolute atomic E-state index is 0.510. The first kappa shape index (κ1) is 24.3. The van der Waals surface area contributed by atoms with Crippen molar-refractivity contribution in [3.8, 4) is 0 Å². The molecule has 3 aromatic rings. The molecule has 2 nitrogen and oxygen atoms in total. The molecule has 0 aromatic heterocycles. The lowest BCUT2D eigenvalue weighted by molar-refractivity contribution is 0.839. The van der Waals surface area contributed by atoms with Crippen LogP contribution in [0.5, 0.6) is 0 Å². The lowest BCUT2D eigenvalue weighted by atomic mass is 9.93. The molecule has 0 radical (unpaired) electrons. The van der Waals surface area contributed by atoms with Gasteiger partial charge in [-0.25, -0.2) is 0 Å². The topological polar surface area (TPSA) is 24.4 Å². The van der Waals surface area contributed by atoms with E-state index in [-0.39, 0.29) is 0 Å². The van der Waals surface area contributed by atoms with Crippen molar-refractivity contribution in [2.45, 2.75) is 63.9 Å². The van der Waals surface area contributed by atoms with Gasteiger partial charge in [0.15, 0.2) is 0 Å². The summed E-state index contributed by atoms with van der Waals surface area (Å²) in [6.07, 6.45) is 3.07. The van der Waals surface area contributed by atoms with E-state index in [1.807, 2.05) is 6.21 Å². The molecule has 0 fully saturated rings. The van der Waals surface area contributed by atoms with E-state index in [0.29, 0.717) is 11.8 Å². The van der Waals surface area contributed by atoms with Gasteiger partial charge < -0.3 is 4.30 Å². The van der Waals surface area contributed by atoms with Crippen LogP contribution in [-0.4, -0.2) is 20.6 Å². The van der Waals surface area contributed by atoms with Crippen molar-refractivity contribution in [1.29, 1.82) is 0 Å². The Kier molecular flexibility index (Phi) is 8.74. The highest BCUT2D eigenvalue weighted by Gasteiger charge is 2.20. The van der Waals surface area contributed by atoms with Crippen LogP contribution in [-0.2, 0) is 11.7 Å². The van der Waals surface area contributed by atoms with E-state index in [0.717, 1.165) is 17.4 Å². The molecule has 0 saturated carbocycles. The Morgan fingerprint density at radius 1 is 0.875 bits per heavy atom. The molecule has 3 rings (SSSR count). The van der Waals surface area contributed by atoms with Crippen LogP contribution in [0.3, 0.4) is 0 Å². The van der Waals surface area contributed by atoms with Gasteiger partial charge in [0, 0.05) is 11.9 Å². The summed E-state index contributed by atoms with van der Waals surface area (Å²) in [5.41, 5.74) is 9.18. The molecule has 0 aliphatic rings. The van der Waals surface area contributed by atoms with Gasteiger partial charge in [-0.3, -0.25) is 4.99 Å². The van der Waals surface area contributed by atoms with Gasteiger partial charge in [0.05, 0.1) is 5.69 Å². The summed E-state index contributed by atoms with van der Waals surface area (Å²) >= 11 is -1.25. The number of hydrogen-bond donors (Lipinski definition) is 1. The summed E-state index contributed by atoms with van der Waals surface area (Å²) in [7, 11) is 0. The van der Waals surface area contributed by atoms with Gasteiger partial charge in [0.25, 0.3) is 0 Å². The molecule has 0 spiro atoms. The number of nitrogens with one attached hydrogen (secondary N) is 1. The van der Waals surface area contributed by atoms with E-state index >= 15 is 0 Å². The lowest BCUT2D eigenvalue weighted by Crippen LogP contribution is -2.26. The normalized spacial score (nSPS) is 11.5. The maximum atomic E-state index is 4.78. The summed E-state index contributed by atoms with van der Waals surface area (Å²) in [6.45, 7) is 11.3. The molecule has 0 aliphatic carbocycles. The number of hydrogen-bond acceptors (Lipinski definition) is 2. The molecule has 0 amide bonds. The highest BCUT2D eigenvalue weighted by Crippen LogP contribution is 2.32. The molecular weight excluding hydrogens is 403 g/mol. The third kappa shape index (κ3) is 6.35. The van der Waals surface area contributed by atoms with Crippen LogP contribution in [0, 0.1) is 0 Å². The van der Waals surface area contributed by atoms with Crippen molar-refractivity contribution < 1.29 is 0 Å². The second kappa shape index (κ2) is 11.5. The van der Waals surface area contributed by atoms with Gasteiger partial charge in [-0.05, 0) is 57.9 Å². The third-order valence-corrected chi connectivity index (χ3v) is 7.85. The third-order valence-electron chi connectivity index (χ3n) is 6.02. The molecular formula is C29H37AlN2. The Balaban J connectivity index is 1.81. The maximum absolute atomic E-state index is 4.78. The summed E-state index contributed by atoms with van der Waals surface area (Å²) < 4.78 is 4.00. The van der Waals surface area contributed by atoms with Crippen molar-refractivity contribution in [2.75, 3.05) is 4.30 Å². The molecule has 166 valence electrons. The fourth-order valence-corrected chi connectivity index (χ4v) is 6.15. The molecule has 0 bridgehead atoms. The van der Waals surface area contributed by atoms with E-state index in [4.69, 9.17) is 4.99 Å². The molecule has 0 saturated heterocycles. The van der Waals surface area contributed by atoms with Gasteiger partial charge in [0.2, 0.25) is 0 Å². The number of anilines is 1. The molecule has 0 heterocycles. The summed E-state index contributed by atoms with van der Waals surface area (Å²) in [6, 6.07) is 24.0. The first-order valence-electron chi connectivity index (χ1n) is 12.0. The molecule has 0 unspecified atom stereocenters. The SMILES string of the molecule is CCc1cccc(N=Cc2ccccc2[CH2][Al]([CH3])[NH]c2c(C(C)C)cccc2C(C)C)c1. The molecule has 3 aromatic carbocycles. The van der Waals surface area contributed by atoms with Crippen molar-refractivity contribution in [1.82, 2.24) is 0 Å². The van der Waals surface area contributed by atoms with E-state index < -0.39 is 14.4 Å². The predicted octanol–water partition coefficient (Wildman–Crippen LogP) is 8.06. The highest BCUT2D eigenvalue weighted by atomic mass is 27.2. The Hall–Kier alpha value is -2.34. The Labute approximate surface area is 199 Å². The molecule has 0 atom stereocenters. The zero-order valence-corrected chi connectivity index (χ0v) is 21.7. The fraction of sp³-hybridized carbons (Fsp3) is 0.345. The molecule has 1 N–H and O–H groups in total. The number of para-hydroxylation sites is 1. The Morgan fingerprint density at radius 2 is 1.53 bits per heavy atom. The number of aliphatic imine (C=N–C) groups is 1. The first-order valence-corrected chi connectivity index (χ1v) is 14.5. The average molecular weight is 441 g/mol. The van der Waals surface area contributed by atoms with Crippen molar-refractivity contribution in [3.63, 3.8) is 0 Å². The van der Waals surface area contributed by atoms with Crippen molar-refractivity contribution in [3.05, 3.63) is 94.5 Å². The van der Waals surface area contributed by atoms with E-state index in [1.165, 1.54) is 33.5 Å². The predicted molar refractivity (Wildman–Crippen MR) is 143 cm³/mol. The van der Waals surface area contributed by atoms with Crippen molar-refractivity contribution in [2.24, 2.45) is 4.99 Å². The van der Waals surface area contributed by atoms with Gasteiger partial charge >= 0.3 is 14.4 Å². The minimum atomic E-state index is -1.25. The maximum Gasteiger partial charge on any atom is 0.412 e. The van der Waals surface area contributed by atoms with Gasteiger partial charge in [-0.1, -0.05) is 101 Å². The van der Waals surface area contributed by atoms with Gasteiger partial charge in [-0.15, -0.1) is 0 Å². The fourth-order valence-electron chi connectivity index (χ4n) is 4.19. The smallest absolute Gasteiger partial charge is 0.412 e. The van der Waals surface area contributed by atoms with Crippen LogP contribution in [0.2, 0.25) is 5.79 Å². The minimum Gasteiger partial charge on any atom is -0.476 e. The van der Waals surface area contributed by atoms with Crippen LogP contribution in [0.25, 0.3) is 0 Å². The first-order chi connectivity index (χ1) is 15.4. The van der Waals surface area contributed by atoms with Gasteiger partial charge in [0.1, 0.15) is 0 Å². The Bertz CT molecular complexity index is 1030. The number of rotatable bonds is 9. The molecule has 32 heavy (non-hydrogen) atoms. The second-order valence-corrected chi connectivity index (χ2v) is 11.8. The largest absolute Gasteiger partial charge is 0.476 e. The number of nitrogens with zero attached hydrogens (tertiary/aromatic N) is 1. The quantitative estimate of drug-likeness (QED) is 0.264. The molecule has 3 heteroatoms. The summed E-state index contributed by atoms with van der Waals surface area (Å²) in [5, 5.41) is 1.08. The zero-order valence-electron chi connectivity index (χ0n) is 20.5. The van der Waals surface area contributed by atoms with E-state index in [9.17, 15) is 0 Å². The van der Waals surface area contributed by atoms with Crippen LogP contribution < -0.4 is 4.30 Å². The summed E-state index contributed by atoms with van der Waals surface area (Å²) in [5.74, 6) is 3.44. The van der Waals surface area contributed by atoms with E-state index in [2.05, 4.69) is 111 Å². The highest BCUT2D eigenvalue weighted by molar-refractivity contribution is 6.60. The average Bonchev–Trinajstić information content (AvgIpc) is 2.78. The van der Waals surface area contributed by atoms with Gasteiger partial charge in [-0.2, -0.15) is 0 Å². The van der Waals surface area contributed by atoms with Crippen molar-refractivity contribution >= 4 is 32.0 Å². The molecule has 0 aliphatic heterocycles. The monoisotopic (exact) mass is 440 g/mol. The standard InChI is InChI=1S/C16H16N.C12H18N.CH3.Al/c1-3-14-8-6-10-16(11-14)17-12-15-9-5-4-7-13(15)2;1-8(2)10-6-5-7-11(9(3)4)12(10)13;;/h4-12H,2-3H2,1H3;5-9,13H,1-4H3;1H3;/q;-1;;+1. The zero-order chi connectivity index (χ0) is 23.1. The number of aryl methyl sites for hydroxylation is 1. The second-order valence-electron chi connectivity index (χ2n) is 9.35. The number of benzene rings is 3. The Morgan fingerprint density at radius 3 is 2.19 bits per heavy atom. The van der Waals surface area contributed by atoms with Crippen LogP contribution in [0.1, 0.15) is 74.3 Å². The van der Waals surface area contributed by atoms with Crippen LogP contribution in [0.4, 0.5) is 11.4 Å². The summed E-state index contributed by atoms with van der Waals surface area (Å²) in [4.78, 5) is 4.78.